The van der Waals surface area contributed by atoms with Crippen LogP contribution >= 0.6 is 0 Å². The van der Waals surface area contributed by atoms with E-state index < -0.39 is 0 Å². The lowest BCUT2D eigenvalue weighted by Gasteiger charge is -2.13. The van der Waals surface area contributed by atoms with Crippen molar-refractivity contribution < 1.29 is 0 Å². The molecule has 13 aromatic rings. The van der Waals surface area contributed by atoms with Crippen LogP contribution in [-0.4, -0.2) is 9.97 Å². The third-order valence-electron chi connectivity index (χ3n) is 14.3. The predicted octanol–water partition coefficient (Wildman–Crippen LogP) is 19.5. The molecule has 13 rings (SSSR count). The minimum Gasteiger partial charge on any atom is -0.227 e. The molecule has 0 aliphatic heterocycles. The molecule has 12 aromatic carbocycles. The largest absolute Gasteiger partial charge is 0.227 e. The molecule has 1 aromatic heterocycles. The Bertz CT molecular complexity index is 3980. The van der Waals surface area contributed by atoms with Gasteiger partial charge in [0, 0.05) is 21.9 Å². The maximum Gasteiger partial charge on any atom is 0.160 e. The lowest BCUT2D eigenvalue weighted by atomic mass is 9.92. The van der Waals surface area contributed by atoms with Gasteiger partial charge in [-0.1, -0.05) is 249 Å². The molecule has 0 saturated carbocycles. The van der Waals surface area contributed by atoms with Crippen molar-refractivity contribution in [1.29, 1.82) is 0 Å². The maximum atomic E-state index is 5.35. The summed E-state index contributed by atoms with van der Waals surface area (Å²) in [6, 6.07) is 105. The summed E-state index contributed by atoms with van der Waals surface area (Å²) in [7, 11) is 0. The van der Waals surface area contributed by atoms with Crippen molar-refractivity contribution in [2.75, 3.05) is 0 Å². The highest BCUT2D eigenvalue weighted by Crippen LogP contribution is 2.38. The van der Waals surface area contributed by atoms with Gasteiger partial charge < -0.3 is 0 Å². The second kappa shape index (κ2) is 19.4. The molecular weight excluding hydrogens is 893 g/mol. The van der Waals surface area contributed by atoms with E-state index in [-0.39, 0.29) is 0 Å². The van der Waals surface area contributed by atoms with Gasteiger partial charge in [0.15, 0.2) is 5.82 Å². The molecular formula is C72H48N2. The van der Waals surface area contributed by atoms with Crippen molar-refractivity contribution in [3.05, 3.63) is 291 Å². The van der Waals surface area contributed by atoms with Crippen LogP contribution in [0, 0.1) is 0 Å². The molecule has 1 heterocycles. The number of benzene rings is 12. The molecule has 0 bridgehead atoms. The van der Waals surface area contributed by atoms with Crippen molar-refractivity contribution in [2.45, 2.75) is 0 Å². The van der Waals surface area contributed by atoms with Gasteiger partial charge in [-0.25, -0.2) is 9.97 Å². The monoisotopic (exact) mass is 940 g/mol. The average Bonchev–Trinajstić information content (AvgIpc) is 3.50. The van der Waals surface area contributed by atoms with E-state index >= 15 is 0 Å². The molecule has 0 spiro atoms. The van der Waals surface area contributed by atoms with E-state index in [1.807, 2.05) is 0 Å². The van der Waals surface area contributed by atoms with Crippen LogP contribution in [0.2, 0.25) is 0 Å². The van der Waals surface area contributed by atoms with Gasteiger partial charge in [0.25, 0.3) is 0 Å². The Labute approximate surface area is 432 Å². The van der Waals surface area contributed by atoms with E-state index in [9.17, 15) is 0 Å². The maximum absolute atomic E-state index is 5.35. The standard InChI is InChI=1S/C72H48N2/c1-5-15-49(16-6-1)62-43-63(50-17-7-2-8-18-50)46-66(45-62)57-29-25-53(26-30-57)55-33-37-60(38-34-55)70-69-42-41-59-23-13-14-24-68(59)71(69)74-72(73-70)61-39-35-56(36-40-61)54-27-31-58(32-28-54)67-47-64(51-19-9-3-10-20-51)44-65(48-67)52-21-11-4-12-22-52/h1-48H. The van der Waals surface area contributed by atoms with Crippen LogP contribution < -0.4 is 0 Å². The van der Waals surface area contributed by atoms with Crippen molar-refractivity contribution in [2.24, 2.45) is 0 Å². The second-order valence-corrected chi connectivity index (χ2v) is 19.0. The lowest BCUT2D eigenvalue weighted by molar-refractivity contribution is 1.23. The number of aromatic nitrogens is 2. The Morgan fingerprint density at radius 1 is 0.176 bits per heavy atom. The zero-order chi connectivity index (χ0) is 49.2. The number of fused-ring (bicyclic) bond motifs is 3. The van der Waals surface area contributed by atoms with Crippen LogP contribution in [0.5, 0.6) is 0 Å². The SMILES string of the molecule is c1ccc(-c2cc(-c3ccccc3)cc(-c3ccc(-c4ccc(-c5nc(-c6ccc(-c7ccc(-c8cc(-c9ccccc9)cc(-c9ccccc9)c8)cc7)cc6)c6ccc7ccccc7c6n5)cc4)cc3)c2)cc1. The minimum atomic E-state index is 0.699. The molecule has 0 atom stereocenters. The highest BCUT2D eigenvalue weighted by atomic mass is 14.9. The summed E-state index contributed by atoms with van der Waals surface area (Å²) < 4.78 is 0. The summed E-state index contributed by atoms with van der Waals surface area (Å²) in [6.07, 6.45) is 0. The van der Waals surface area contributed by atoms with Gasteiger partial charge in [0.1, 0.15) is 0 Å². The number of rotatable bonds is 10. The summed E-state index contributed by atoms with van der Waals surface area (Å²) in [4.78, 5) is 10.6. The average molecular weight is 941 g/mol. The number of nitrogens with zero attached hydrogens (tertiary/aromatic N) is 2. The van der Waals surface area contributed by atoms with Gasteiger partial charge in [0.2, 0.25) is 0 Å². The third-order valence-corrected chi connectivity index (χ3v) is 14.3. The summed E-state index contributed by atoms with van der Waals surface area (Å²) in [5, 5.41) is 3.29. The van der Waals surface area contributed by atoms with Crippen LogP contribution in [0.3, 0.4) is 0 Å². The normalized spacial score (nSPS) is 11.2. The van der Waals surface area contributed by atoms with Crippen LogP contribution in [0.15, 0.2) is 291 Å². The van der Waals surface area contributed by atoms with Crippen molar-refractivity contribution >= 4 is 21.7 Å². The fraction of sp³-hybridized carbons (Fsp3) is 0. The van der Waals surface area contributed by atoms with Crippen LogP contribution in [-0.2, 0) is 0 Å². The Kier molecular flexibility index (Phi) is 11.6. The van der Waals surface area contributed by atoms with Gasteiger partial charge in [-0.2, -0.15) is 0 Å². The topological polar surface area (TPSA) is 25.8 Å². The zero-order valence-corrected chi connectivity index (χ0v) is 40.6. The van der Waals surface area contributed by atoms with Gasteiger partial charge in [-0.05, 0) is 137 Å². The van der Waals surface area contributed by atoms with Crippen molar-refractivity contribution in [3.63, 3.8) is 0 Å². The van der Waals surface area contributed by atoms with Gasteiger partial charge in [-0.3, -0.25) is 0 Å². The highest BCUT2D eigenvalue weighted by Gasteiger charge is 2.16. The van der Waals surface area contributed by atoms with E-state index in [0.29, 0.717) is 5.82 Å². The first-order valence-electron chi connectivity index (χ1n) is 25.3. The van der Waals surface area contributed by atoms with E-state index in [1.165, 1.54) is 66.8 Å². The first-order valence-corrected chi connectivity index (χ1v) is 25.3. The second-order valence-electron chi connectivity index (χ2n) is 19.0. The fourth-order valence-corrected chi connectivity index (χ4v) is 10.3. The van der Waals surface area contributed by atoms with Crippen LogP contribution in [0.1, 0.15) is 0 Å². The first-order chi connectivity index (χ1) is 36.6. The summed E-state index contributed by atoms with van der Waals surface area (Å²) in [5.41, 5.74) is 22.8. The quantitative estimate of drug-likeness (QED) is 0.128. The Morgan fingerprint density at radius 3 is 0.824 bits per heavy atom. The third kappa shape index (κ3) is 8.87. The fourth-order valence-electron chi connectivity index (χ4n) is 10.3. The molecule has 0 unspecified atom stereocenters. The molecule has 74 heavy (non-hydrogen) atoms. The molecule has 0 saturated heterocycles. The lowest BCUT2D eigenvalue weighted by Crippen LogP contribution is -1.96. The van der Waals surface area contributed by atoms with E-state index in [2.05, 4.69) is 291 Å². The van der Waals surface area contributed by atoms with E-state index in [0.717, 1.165) is 60.8 Å². The molecule has 346 valence electrons. The Hall–Kier alpha value is -9.76. The van der Waals surface area contributed by atoms with Gasteiger partial charge in [-0.15, -0.1) is 0 Å². The Morgan fingerprint density at radius 2 is 0.459 bits per heavy atom. The van der Waals surface area contributed by atoms with Gasteiger partial charge >= 0.3 is 0 Å². The van der Waals surface area contributed by atoms with Crippen LogP contribution in [0.4, 0.5) is 0 Å². The molecule has 0 aliphatic rings. The molecule has 0 fully saturated rings. The molecule has 2 heteroatoms. The summed E-state index contributed by atoms with van der Waals surface area (Å²) >= 11 is 0. The molecule has 2 nitrogen and oxygen atoms in total. The van der Waals surface area contributed by atoms with Crippen molar-refractivity contribution in [1.82, 2.24) is 9.97 Å². The molecule has 0 N–H and O–H groups in total. The smallest absolute Gasteiger partial charge is 0.160 e. The van der Waals surface area contributed by atoms with Gasteiger partial charge in [0.05, 0.1) is 11.2 Å². The highest BCUT2D eigenvalue weighted by molar-refractivity contribution is 6.09. The molecule has 0 amide bonds. The molecule has 0 radical (unpaired) electrons. The minimum absolute atomic E-state index is 0.699. The summed E-state index contributed by atoms with van der Waals surface area (Å²) in [6.45, 7) is 0. The predicted molar refractivity (Wildman–Crippen MR) is 311 cm³/mol. The van der Waals surface area contributed by atoms with Crippen molar-refractivity contribution in [3.8, 4) is 112 Å². The number of hydrogen-bond acceptors (Lipinski definition) is 2. The van der Waals surface area contributed by atoms with E-state index in [1.54, 1.807) is 0 Å². The molecule has 0 aliphatic carbocycles. The summed E-state index contributed by atoms with van der Waals surface area (Å²) in [5.74, 6) is 0.699. The first kappa shape index (κ1) is 44.2. The van der Waals surface area contributed by atoms with E-state index in [4.69, 9.17) is 9.97 Å². The number of hydrogen-bond donors (Lipinski definition) is 0. The van der Waals surface area contributed by atoms with Crippen LogP contribution in [0.25, 0.3) is 133 Å². The zero-order valence-electron chi connectivity index (χ0n) is 40.6. The Balaban J connectivity index is 0.799.